The first-order chi connectivity index (χ1) is 10.7. The lowest BCUT2D eigenvalue weighted by Crippen LogP contribution is -2.08. The van der Waals surface area contributed by atoms with Crippen molar-refractivity contribution in [1.82, 2.24) is 0 Å². The Kier molecular flexibility index (Phi) is 6.47. The van der Waals surface area contributed by atoms with Crippen LogP contribution in [0, 0.1) is 13.8 Å². The summed E-state index contributed by atoms with van der Waals surface area (Å²) in [7, 11) is 0. The number of ether oxygens (including phenoxy) is 1. The molecule has 0 aliphatic rings. The second kappa shape index (κ2) is 8.60. The third-order valence-corrected chi connectivity index (χ3v) is 4.17. The van der Waals surface area contributed by atoms with Gasteiger partial charge in [0, 0.05) is 0 Å². The Labute approximate surface area is 134 Å². The summed E-state index contributed by atoms with van der Waals surface area (Å²) < 4.78 is 5.94. The van der Waals surface area contributed by atoms with Crippen LogP contribution in [0.1, 0.15) is 35.1 Å². The Hall–Kier alpha value is -1.80. The summed E-state index contributed by atoms with van der Waals surface area (Å²) in [4.78, 5) is 0. The van der Waals surface area contributed by atoms with Crippen molar-refractivity contribution < 1.29 is 4.74 Å². The van der Waals surface area contributed by atoms with E-state index in [-0.39, 0.29) is 0 Å². The molecule has 118 valence electrons. The average Bonchev–Trinajstić information content (AvgIpc) is 2.54. The predicted molar refractivity (Wildman–Crippen MR) is 93.5 cm³/mol. The van der Waals surface area contributed by atoms with Crippen molar-refractivity contribution in [3.63, 3.8) is 0 Å². The van der Waals surface area contributed by atoms with Crippen LogP contribution in [0.15, 0.2) is 42.5 Å². The molecule has 0 atom stereocenters. The van der Waals surface area contributed by atoms with Crippen LogP contribution >= 0.6 is 0 Å². The van der Waals surface area contributed by atoms with E-state index in [1.807, 2.05) is 0 Å². The Morgan fingerprint density at radius 1 is 0.909 bits per heavy atom. The van der Waals surface area contributed by atoms with Crippen LogP contribution in [-0.2, 0) is 12.8 Å². The summed E-state index contributed by atoms with van der Waals surface area (Å²) in [6, 6.07) is 14.9. The molecule has 0 fully saturated rings. The Morgan fingerprint density at radius 2 is 1.68 bits per heavy atom. The van der Waals surface area contributed by atoms with Crippen molar-refractivity contribution >= 4 is 0 Å². The van der Waals surface area contributed by atoms with E-state index in [4.69, 9.17) is 10.5 Å². The van der Waals surface area contributed by atoms with Gasteiger partial charge in [-0.3, -0.25) is 0 Å². The zero-order chi connectivity index (χ0) is 15.8. The van der Waals surface area contributed by atoms with Crippen molar-refractivity contribution in [2.45, 2.75) is 39.5 Å². The molecule has 0 aromatic heterocycles. The lowest BCUT2D eigenvalue weighted by atomic mass is 9.96. The van der Waals surface area contributed by atoms with E-state index in [2.05, 4.69) is 56.3 Å². The first-order valence-corrected chi connectivity index (χ1v) is 8.18. The molecule has 2 nitrogen and oxygen atoms in total. The number of nitrogens with two attached hydrogens (primary N) is 1. The smallest absolute Gasteiger partial charge is 0.122 e. The summed E-state index contributed by atoms with van der Waals surface area (Å²) in [6.45, 7) is 5.74. The maximum Gasteiger partial charge on any atom is 0.122 e. The van der Waals surface area contributed by atoms with Crippen LogP contribution in [0.25, 0.3) is 0 Å². The van der Waals surface area contributed by atoms with Gasteiger partial charge >= 0.3 is 0 Å². The molecule has 0 unspecified atom stereocenters. The molecular weight excluding hydrogens is 270 g/mol. The van der Waals surface area contributed by atoms with Crippen molar-refractivity contribution in [1.29, 1.82) is 0 Å². The summed E-state index contributed by atoms with van der Waals surface area (Å²) in [5.74, 6) is 1.03. The molecule has 0 amide bonds. The minimum absolute atomic E-state index is 0.675. The summed E-state index contributed by atoms with van der Waals surface area (Å²) in [6.07, 6.45) is 4.20. The number of benzene rings is 2. The number of hydrogen-bond acceptors (Lipinski definition) is 2. The SMILES string of the molecule is Cc1ccc(OCCCN)c(CCCc2ccccc2)c1C. The fourth-order valence-electron chi connectivity index (χ4n) is 2.67. The Bertz CT molecular complexity index is 578. The molecular formula is C20H27NO. The van der Waals surface area contributed by atoms with Crippen LogP contribution in [0.4, 0.5) is 0 Å². The van der Waals surface area contributed by atoms with Crippen LogP contribution in [0.5, 0.6) is 5.75 Å². The van der Waals surface area contributed by atoms with E-state index in [1.165, 1.54) is 22.3 Å². The van der Waals surface area contributed by atoms with Gasteiger partial charge in [0.2, 0.25) is 0 Å². The van der Waals surface area contributed by atoms with E-state index in [0.717, 1.165) is 31.4 Å². The van der Waals surface area contributed by atoms with Crippen molar-refractivity contribution in [3.05, 3.63) is 64.7 Å². The van der Waals surface area contributed by atoms with Gasteiger partial charge in [-0.2, -0.15) is 0 Å². The molecule has 0 saturated carbocycles. The minimum Gasteiger partial charge on any atom is -0.493 e. The van der Waals surface area contributed by atoms with Gasteiger partial charge < -0.3 is 10.5 Å². The fraction of sp³-hybridized carbons (Fsp3) is 0.400. The Balaban J connectivity index is 2.02. The van der Waals surface area contributed by atoms with Crippen LogP contribution in [0.3, 0.4) is 0 Å². The standard InChI is InChI=1S/C20H27NO/c1-16-12-13-20(22-15-7-14-21)19(17(16)2)11-6-10-18-8-4-3-5-9-18/h3-5,8-9,12-13H,6-7,10-11,14-15,21H2,1-2H3. The van der Waals surface area contributed by atoms with E-state index < -0.39 is 0 Å². The lowest BCUT2D eigenvalue weighted by molar-refractivity contribution is 0.309. The maximum absolute atomic E-state index is 5.94. The molecule has 22 heavy (non-hydrogen) atoms. The van der Waals surface area contributed by atoms with Gasteiger partial charge in [-0.15, -0.1) is 0 Å². The van der Waals surface area contributed by atoms with Gasteiger partial charge in [-0.1, -0.05) is 36.4 Å². The summed E-state index contributed by atoms with van der Waals surface area (Å²) in [5, 5.41) is 0. The molecule has 2 aromatic carbocycles. The van der Waals surface area contributed by atoms with E-state index >= 15 is 0 Å². The van der Waals surface area contributed by atoms with Gasteiger partial charge in [0.05, 0.1) is 6.61 Å². The van der Waals surface area contributed by atoms with Gasteiger partial charge in [-0.05, 0) is 74.4 Å². The van der Waals surface area contributed by atoms with Gasteiger partial charge in [0.1, 0.15) is 5.75 Å². The number of aryl methyl sites for hydroxylation is 2. The average molecular weight is 297 g/mol. The maximum atomic E-state index is 5.94. The molecule has 2 aromatic rings. The van der Waals surface area contributed by atoms with E-state index in [0.29, 0.717) is 13.2 Å². The zero-order valence-corrected chi connectivity index (χ0v) is 13.8. The molecule has 0 bridgehead atoms. The minimum atomic E-state index is 0.675. The van der Waals surface area contributed by atoms with Gasteiger partial charge in [0.25, 0.3) is 0 Å². The van der Waals surface area contributed by atoms with Crippen LogP contribution < -0.4 is 10.5 Å². The normalized spacial score (nSPS) is 10.7. The van der Waals surface area contributed by atoms with Gasteiger partial charge in [0.15, 0.2) is 0 Å². The highest BCUT2D eigenvalue weighted by atomic mass is 16.5. The van der Waals surface area contributed by atoms with E-state index in [9.17, 15) is 0 Å². The van der Waals surface area contributed by atoms with Crippen molar-refractivity contribution in [3.8, 4) is 5.75 Å². The second-order valence-corrected chi connectivity index (χ2v) is 5.81. The quantitative estimate of drug-likeness (QED) is 0.741. The Morgan fingerprint density at radius 3 is 2.41 bits per heavy atom. The lowest BCUT2D eigenvalue weighted by Gasteiger charge is -2.16. The highest BCUT2D eigenvalue weighted by Gasteiger charge is 2.09. The molecule has 2 heteroatoms. The monoisotopic (exact) mass is 297 g/mol. The predicted octanol–water partition coefficient (Wildman–Crippen LogP) is 4.21. The summed E-state index contributed by atoms with van der Waals surface area (Å²) >= 11 is 0. The second-order valence-electron chi connectivity index (χ2n) is 5.81. The topological polar surface area (TPSA) is 35.2 Å². The third kappa shape index (κ3) is 4.60. The fourth-order valence-corrected chi connectivity index (χ4v) is 2.67. The molecule has 0 aliphatic carbocycles. The molecule has 0 radical (unpaired) electrons. The summed E-state index contributed by atoms with van der Waals surface area (Å²) in [5.41, 5.74) is 11.0. The molecule has 2 N–H and O–H groups in total. The molecule has 0 heterocycles. The number of rotatable bonds is 8. The first-order valence-electron chi connectivity index (χ1n) is 8.18. The van der Waals surface area contributed by atoms with E-state index in [1.54, 1.807) is 0 Å². The van der Waals surface area contributed by atoms with Crippen LogP contribution in [0.2, 0.25) is 0 Å². The zero-order valence-electron chi connectivity index (χ0n) is 13.8. The third-order valence-electron chi connectivity index (χ3n) is 4.17. The van der Waals surface area contributed by atoms with Crippen molar-refractivity contribution in [2.75, 3.05) is 13.2 Å². The molecule has 0 spiro atoms. The largest absolute Gasteiger partial charge is 0.493 e. The van der Waals surface area contributed by atoms with Gasteiger partial charge in [-0.25, -0.2) is 0 Å². The van der Waals surface area contributed by atoms with Crippen LogP contribution in [-0.4, -0.2) is 13.2 Å². The van der Waals surface area contributed by atoms with Crippen molar-refractivity contribution in [2.24, 2.45) is 5.73 Å². The molecule has 2 rings (SSSR count). The highest BCUT2D eigenvalue weighted by molar-refractivity contribution is 5.44. The molecule has 0 saturated heterocycles. The molecule has 0 aliphatic heterocycles. The highest BCUT2D eigenvalue weighted by Crippen LogP contribution is 2.27. The first kappa shape index (κ1) is 16.6. The number of hydrogen-bond donors (Lipinski definition) is 1.